The van der Waals surface area contributed by atoms with Gasteiger partial charge in [-0.05, 0) is 47.5 Å². The Hall–Kier alpha value is -3.32. The van der Waals surface area contributed by atoms with E-state index in [1.807, 2.05) is 36.6 Å². The first-order valence-corrected chi connectivity index (χ1v) is 9.91. The van der Waals surface area contributed by atoms with Crippen LogP contribution in [0, 0.1) is 11.6 Å². The van der Waals surface area contributed by atoms with Gasteiger partial charge < -0.3 is 14.9 Å². The minimum absolute atomic E-state index is 0.123. The van der Waals surface area contributed by atoms with Crippen LogP contribution in [0.3, 0.4) is 0 Å². The molecule has 29 heavy (non-hydrogen) atoms. The van der Waals surface area contributed by atoms with Crippen LogP contribution >= 0.6 is 11.9 Å². The van der Waals surface area contributed by atoms with E-state index in [1.165, 1.54) is 11.9 Å². The smallest absolute Gasteiger partial charge is 0.233 e. The molecule has 0 spiro atoms. The molecule has 4 nitrogen and oxygen atoms in total. The maximum absolute atomic E-state index is 14.0. The molecule has 0 saturated heterocycles. The van der Waals surface area contributed by atoms with Crippen LogP contribution in [0.1, 0.15) is 16.1 Å². The van der Waals surface area contributed by atoms with Gasteiger partial charge in [-0.1, -0.05) is 30.1 Å². The molecule has 4 rings (SSSR count). The lowest BCUT2D eigenvalue weighted by molar-refractivity contribution is 0.101. The summed E-state index contributed by atoms with van der Waals surface area (Å²) in [5.74, 6) is -2.63. The fourth-order valence-corrected chi connectivity index (χ4v) is 3.50. The Bertz CT molecular complexity index is 1240. The highest BCUT2D eigenvalue weighted by Gasteiger charge is 2.23. The van der Waals surface area contributed by atoms with Crippen molar-refractivity contribution in [1.82, 2.24) is 0 Å². The van der Waals surface area contributed by atoms with Crippen molar-refractivity contribution in [2.45, 2.75) is 0 Å². The van der Waals surface area contributed by atoms with E-state index in [9.17, 15) is 13.6 Å². The summed E-state index contributed by atoms with van der Waals surface area (Å²) >= 11 is 1.49. The molecule has 7 heteroatoms. The Kier molecular flexibility index (Phi) is 4.98. The fraction of sp³-hybridized carbons (Fsp3) is 0.0455. The maximum atomic E-state index is 14.0. The van der Waals surface area contributed by atoms with E-state index in [2.05, 4.69) is 4.72 Å². The second kappa shape index (κ2) is 7.60. The molecule has 1 heterocycles. The summed E-state index contributed by atoms with van der Waals surface area (Å²) in [4.78, 5) is 12.7. The number of rotatable bonds is 5. The Labute approximate surface area is 169 Å². The summed E-state index contributed by atoms with van der Waals surface area (Å²) in [6, 6.07) is 16.0. The van der Waals surface area contributed by atoms with Crippen molar-refractivity contribution in [2.75, 3.05) is 16.7 Å². The average molecular weight is 410 g/mol. The van der Waals surface area contributed by atoms with Crippen molar-refractivity contribution in [3.63, 3.8) is 0 Å². The van der Waals surface area contributed by atoms with Crippen molar-refractivity contribution in [3.05, 3.63) is 83.6 Å². The molecule has 0 atom stereocenters. The van der Waals surface area contributed by atoms with E-state index < -0.39 is 17.4 Å². The van der Waals surface area contributed by atoms with Crippen LogP contribution in [0.5, 0.6) is 0 Å². The lowest BCUT2D eigenvalue weighted by atomic mass is 10.0. The SMILES string of the molecule is CSNc1cccc(-c2ccc3c(N)c(C(=O)c4ccc(F)cc4F)oc3c2)c1. The van der Waals surface area contributed by atoms with Gasteiger partial charge >= 0.3 is 0 Å². The van der Waals surface area contributed by atoms with E-state index in [4.69, 9.17) is 10.2 Å². The highest BCUT2D eigenvalue weighted by Crippen LogP contribution is 2.34. The number of benzene rings is 3. The Morgan fingerprint density at radius 2 is 1.83 bits per heavy atom. The number of carbonyl (C=O) groups is 1. The monoisotopic (exact) mass is 410 g/mol. The molecule has 0 aliphatic heterocycles. The van der Waals surface area contributed by atoms with Crippen molar-refractivity contribution >= 4 is 40.1 Å². The average Bonchev–Trinajstić information content (AvgIpc) is 3.04. The van der Waals surface area contributed by atoms with Crippen LogP contribution in [0.15, 0.2) is 65.1 Å². The summed E-state index contributed by atoms with van der Waals surface area (Å²) in [5.41, 5.74) is 9.11. The number of nitrogen functional groups attached to an aromatic ring is 1. The van der Waals surface area contributed by atoms with Crippen LogP contribution in [-0.4, -0.2) is 12.0 Å². The standard InChI is InChI=1S/C22H16F2N2O2S/c1-29-26-15-4-2-3-12(9-15)13-5-7-17-19(10-13)28-22(20(17)25)21(27)16-8-6-14(23)11-18(16)24/h2-11,26H,25H2,1H3. The number of ketones is 1. The largest absolute Gasteiger partial charge is 0.450 e. The van der Waals surface area contributed by atoms with Crippen molar-refractivity contribution in [3.8, 4) is 11.1 Å². The third-order valence-electron chi connectivity index (χ3n) is 4.53. The van der Waals surface area contributed by atoms with Gasteiger partial charge in [0.05, 0.1) is 11.3 Å². The second-order valence-corrected chi connectivity index (χ2v) is 7.01. The van der Waals surface area contributed by atoms with Gasteiger partial charge in [0.25, 0.3) is 0 Å². The predicted molar refractivity (Wildman–Crippen MR) is 113 cm³/mol. The van der Waals surface area contributed by atoms with Crippen LogP contribution in [0.25, 0.3) is 22.1 Å². The fourth-order valence-electron chi connectivity index (χ4n) is 3.14. The summed E-state index contributed by atoms with van der Waals surface area (Å²) in [6.45, 7) is 0. The first kappa shape index (κ1) is 19.0. The van der Waals surface area contributed by atoms with E-state index in [-0.39, 0.29) is 17.0 Å². The molecule has 0 aliphatic carbocycles. The van der Waals surface area contributed by atoms with Crippen LogP contribution in [0.4, 0.5) is 20.2 Å². The molecule has 0 bridgehead atoms. The third-order valence-corrected chi connectivity index (χ3v) is 4.97. The number of carbonyl (C=O) groups excluding carboxylic acids is 1. The van der Waals surface area contributed by atoms with Gasteiger partial charge in [0, 0.05) is 23.4 Å². The normalized spacial score (nSPS) is 11.0. The molecule has 0 aliphatic rings. The van der Waals surface area contributed by atoms with Gasteiger partial charge in [-0.15, -0.1) is 0 Å². The van der Waals surface area contributed by atoms with Crippen LogP contribution in [-0.2, 0) is 0 Å². The third kappa shape index (κ3) is 3.56. The van der Waals surface area contributed by atoms with Gasteiger partial charge in [0.2, 0.25) is 5.78 Å². The molecule has 3 N–H and O–H groups in total. The minimum atomic E-state index is -0.964. The predicted octanol–water partition coefficient (Wildman–Crippen LogP) is 5.88. The number of fused-ring (bicyclic) bond motifs is 1. The molecule has 3 aromatic carbocycles. The zero-order valence-electron chi connectivity index (χ0n) is 15.3. The van der Waals surface area contributed by atoms with Crippen LogP contribution < -0.4 is 10.5 Å². The van der Waals surface area contributed by atoms with Gasteiger partial charge in [-0.2, -0.15) is 0 Å². The topological polar surface area (TPSA) is 68.3 Å². The second-order valence-electron chi connectivity index (χ2n) is 6.40. The first-order chi connectivity index (χ1) is 14.0. The zero-order chi connectivity index (χ0) is 20.5. The molecular formula is C22H16F2N2O2S. The molecule has 0 fully saturated rings. The van der Waals surface area contributed by atoms with Crippen LogP contribution in [0.2, 0.25) is 0 Å². The Balaban J connectivity index is 1.76. The Morgan fingerprint density at radius 1 is 1.03 bits per heavy atom. The number of furan rings is 1. The van der Waals surface area contributed by atoms with Gasteiger partial charge in [0.15, 0.2) is 5.76 Å². The number of nitrogens with one attached hydrogen (secondary N) is 1. The summed E-state index contributed by atoms with van der Waals surface area (Å²) in [6.07, 6.45) is 1.94. The number of anilines is 2. The Morgan fingerprint density at radius 3 is 2.59 bits per heavy atom. The van der Waals surface area contributed by atoms with Crippen molar-refractivity contribution in [2.24, 2.45) is 0 Å². The summed E-state index contributed by atoms with van der Waals surface area (Å²) in [5, 5.41) is 0.554. The number of hydrogen-bond donors (Lipinski definition) is 2. The van der Waals surface area contributed by atoms with E-state index in [0.717, 1.165) is 28.9 Å². The van der Waals surface area contributed by atoms with E-state index in [0.29, 0.717) is 17.0 Å². The minimum Gasteiger partial charge on any atom is -0.450 e. The highest BCUT2D eigenvalue weighted by atomic mass is 32.2. The van der Waals surface area contributed by atoms with Gasteiger partial charge in [-0.3, -0.25) is 4.79 Å². The first-order valence-electron chi connectivity index (χ1n) is 8.69. The van der Waals surface area contributed by atoms with E-state index in [1.54, 1.807) is 12.1 Å². The molecule has 0 unspecified atom stereocenters. The van der Waals surface area contributed by atoms with Crippen molar-refractivity contribution < 1.29 is 18.0 Å². The highest BCUT2D eigenvalue weighted by molar-refractivity contribution is 7.99. The molecule has 1 aromatic heterocycles. The van der Waals surface area contributed by atoms with Gasteiger partial charge in [-0.25, -0.2) is 8.78 Å². The number of halogens is 2. The molecule has 4 aromatic rings. The van der Waals surface area contributed by atoms with Gasteiger partial charge in [0.1, 0.15) is 17.2 Å². The number of nitrogens with two attached hydrogens (primary N) is 1. The maximum Gasteiger partial charge on any atom is 0.233 e. The molecule has 0 amide bonds. The lowest BCUT2D eigenvalue weighted by Gasteiger charge is -2.06. The lowest BCUT2D eigenvalue weighted by Crippen LogP contribution is -2.06. The molecule has 0 saturated carbocycles. The number of hydrogen-bond acceptors (Lipinski definition) is 5. The quantitative estimate of drug-likeness (QED) is 0.318. The summed E-state index contributed by atoms with van der Waals surface area (Å²) < 4.78 is 36.0. The molecular weight excluding hydrogens is 394 g/mol. The zero-order valence-corrected chi connectivity index (χ0v) is 16.1. The summed E-state index contributed by atoms with van der Waals surface area (Å²) in [7, 11) is 0. The van der Waals surface area contributed by atoms with E-state index >= 15 is 0 Å². The molecule has 146 valence electrons. The molecule has 0 radical (unpaired) electrons. The van der Waals surface area contributed by atoms with Crippen molar-refractivity contribution in [1.29, 1.82) is 0 Å².